The van der Waals surface area contributed by atoms with Crippen molar-refractivity contribution in [3.05, 3.63) is 65.2 Å². The molecule has 0 saturated heterocycles. The van der Waals surface area contributed by atoms with Gasteiger partial charge < -0.3 is 15.4 Å². The molecule has 1 heterocycles. The van der Waals surface area contributed by atoms with Crippen molar-refractivity contribution in [2.45, 2.75) is 25.9 Å². The highest BCUT2D eigenvalue weighted by atomic mass is 16.5. The molecule has 0 spiro atoms. The lowest BCUT2D eigenvalue weighted by molar-refractivity contribution is 0.251. The molecule has 27 heavy (non-hydrogen) atoms. The number of guanidine groups is 1. The molecule has 144 valence electrons. The molecule has 0 unspecified atom stereocenters. The summed E-state index contributed by atoms with van der Waals surface area (Å²) in [7, 11) is 3.50. The van der Waals surface area contributed by atoms with Crippen LogP contribution in [0.1, 0.15) is 23.1 Å². The number of nitrogens with one attached hydrogen (secondary N) is 2. The smallest absolute Gasteiger partial charge is 0.191 e. The predicted octanol–water partition coefficient (Wildman–Crippen LogP) is 2.81. The molecule has 1 aliphatic rings. The maximum Gasteiger partial charge on any atom is 0.191 e. The minimum absolute atomic E-state index is 0.687. The predicted molar refractivity (Wildman–Crippen MR) is 111 cm³/mol. The summed E-state index contributed by atoms with van der Waals surface area (Å²) in [5.41, 5.74) is 4.11. The van der Waals surface area contributed by atoms with Crippen molar-refractivity contribution in [1.82, 2.24) is 15.5 Å². The van der Waals surface area contributed by atoms with E-state index in [1.54, 1.807) is 14.2 Å². The molecule has 1 aliphatic heterocycles. The van der Waals surface area contributed by atoms with Crippen molar-refractivity contribution in [3.63, 3.8) is 0 Å². The fraction of sp³-hybridized carbons (Fsp3) is 0.409. The normalized spacial score (nSPS) is 14.5. The van der Waals surface area contributed by atoms with Crippen LogP contribution in [0.4, 0.5) is 0 Å². The number of methoxy groups -OCH3 is 1. The number of hydrogen-bond acceptors (Lipinski definition) is 3. The fourth-order valence-electron chi connectivity index (χ4n) is 3.50. The van der Waals surface area contributed by atoms with Gasteiger partial charge in [0.25, 0.3) is 0 Å². The summed E-state index contributed by atoms with van der Waals surface area (Å²) >= 11 is 0. The van der Waals surface area contributed by atoms with Gasteiger partial charge in [-0.1, -0.05) is 42.5 Å². The molecule has 0 radical (unpaired) electrons. The third-order valence-corrected chi connectivity index (χ3v) is 5.02. The first-order valence-corrected chi connectivity index (χ1v) is 9.65. The summed E-state index contributed by atoms with van der Waals surface area (Å²) in [5.74, 6) is 1.72. The SMILES string of the molecule is CN=C(NCCCN1CCc2ccccc2C1)NCc1ccccc1OC. The lowest BCUT2D eigenvalue weighted by atomic mass is 10.00. The van der Waals surface area contributed by atoms with Crippen molar-refractivity contribution >= 4 is 5.96 Å². The first kappa shape index (κ1) is 19.2. The summed E-state index contributed by atoms with van der Waals surface area (Å²) in [6.07, 6.45) is 2.25. The van der Waals surface area contributed by atoms with E-state index in [9.17, 15) is 0 Å². The Morgan fingerprint density at radius 3 is 2.67 bits per heavy atom. The number of hydrogen-bond donors (Lipinski definition) is 2. The maximum atomic E-state index is 5.40. The van der Waals surface area contributed by atoms with Crippen LogP contribution < -0.4 is 15.4 Å². The summed E-state index contributed by atoms with van der Waals surface area (Å²) in [6.45, 7) is 4.91. The molecule has 2 aromatic carbocycles. The van der Waals surface area contributed by atoms with E-state index in [1.165, 1.54) is 11.1 Å². The van der Waals surface area contributed by atoms with Crippen LogP contribution in [-0.2, 0) is 19.5 Å². The largest absolute Gasteiger partial charge is 0.496 e. The Kier molecular flexibility index (Phi) is 7.11. The van der Waals surface area contributed by atoms with Crippen LogP contribution in [0, 0.1) is 0 Å². The topological polar surface area (TPSA) is 48.9 Å². The van der Waals surface area contributed by atoms with Gasteiger partial charge in [0.05, 0.1) is 7.11 Å². The minimum Gasteiger partial charge on any atom is -0.496 e. The molecule has 0 amide bonds. The standard InChI is InChI=1S/C22H30N4O/c1-23-22(25-16-19-9-5-6-11-21(19)27-2)24-13-7-14-26-15-12-18-8-3-4-10-20(18)17-26/h3-6,8-11H,7,12-17H2,1-2H3,(H2,23,24,25). The first-order chi connectivity index (χ1) is 13.3. The van der Waals surface area contributed by atoms with Gasteiger partial charge in [-0.3, -0.25) is 9.89 Å². The van der Waals surface area contributed by atoms with Gasteiger partial charge in [0.2, 0.25) is 0 Å². The number of para-hydroxylation sites is 1. The number of benzene rings is 2. The molecule has 0 fully saturated rings. The third kappa shape index (κ3) is 5.47. The van der Waals surface area contributed by atoms with Crippen LogP contribution in [0.25, 0.3) is 0 Å². The van der Waals surface area contributed by atoms with Crippen molar-refractivity contribution in [3.8, 4) is 5.75 Å². The molecule has 5 nitrogen and oxygen atoms in total. The monoisotopic (exact) mass is 366 g/mol. The molecule has 2 aromatic rings. The first-order valence-electron chi connectivity index (χ1n) is 9.65. The average Bonchev–Trinajstić information content (AvgIpc) is 2.73. The third-order valence-electron chi connectivity index (χ3n) is 5.02. The fourth-order valence-corrected chi connectivity index (χ4v) is 3.50. The van der Waals surface area contributed by atoms with Gasteiger partial charge >= 0.3 is 0 Å². The molecule has 0 saturated carbocycles. The van der Waals surface area contributed by atoms with E-state index in [0.29, 0.717) is 6.54 Å². The second kappa shape index (κ2) is 9.97. The van der Waals surface area contributed by atoms with Crippen LogP contribution in [0.15, 0.2) is 53.5 Å². The molecule has 2 N–H and O–H groups in total. The summed E-state index contributed by atoms with van der Waals surface area (Å²) < 4.78 is 5.40. The van der Waals surface area contributed by atoms with Gasteiger partial charge in [-0.15, -0.1) is 0 Å². The highest BCUT2D eigenvalue weighted by Crippen LogP contribution is 2.18. The van der Waals surface area contributed by atoms with E-state index in [4.69, 9.17) is 4.74 Å². The molecular weight excluding hydrogens is 336 g/mol. The minimum atomic E-state index is 0.687. The van der Waals surface area contributed by atoms with Gasteiger partial charge in [-0.05, 0) is 30.0 Å². The van der Waals surface area contributed by atoms with E-state index in [0.717, 1.165) is 56.3 Å². The quantitative estimate of drug-likeness (QED) is 0.449. The average molecular weight is 367 g/mol. The van der Waals surface area contributed by atoms with Crippen LogP contribution in [0.5, 0.6) is 5.75 Å². The number of rotatable bonds is 7. The van der Waals surface area contributed by atoms with E-state index >= 15 is 0 Å². The van der Waals surface area contributed by atoms with Crippen LogP contribution in [0.3, 0.4) is 0 Å². The van der Waals surface area contributed by atoms with Gasteiger partial charge in [0.15, 0.2) is 5.96 Å². The Hall–Kier alpha value is -2.53. The molecule has 5 heteroatoms. The molecule has 0 aliphatic carbocycles. The molecular formula is C22H30N4O. The van der Waals surface area contributed by atoms with E-state index in [-0.39, 0.29) is 0 Å². The lowest BCUT2D eigenvalue weighted by Crippen LogP contribution is -2.39. The van der Waals surface area contributed by atoms with E-state index in [2.05, 4.69) is 50.9 Å². The van der Waals surface area contributed by atoms with Crippen molar-refractivity contribution in [2.75, 3.05) is 33.8 Å². The molecule has 0 atom stereocenters. The zero-order valence-electron chi connectivity index (χ0n) is 16.4. The van der Waals surface area contributed by atoms with Crippen LogP contribution in [0.2, 0.25) is 0 Å². The molecule has 0 bridgehead atoms. The Labute approximate surface area is 162 Å². The maximum absolute atomic E-state index is 5.40. The van der Waals surface area contributed by atoms with Crippen molar-refractivity contribution < 1.29 is 4.74 Å². The number of aliphatic imine (C=N–C) groups is 1. The Morgan fingerprint density at radius 1 is 1.07 bits per heavy atom. The zero-order valence-corrected chi connectivity index (χ0v) is 16.4. The lowest BCUT2D eigenvalue weighted by Gasteiger charge is -2.28. The summed E-state index contributed by atoms with van der Waals surface area (Å²) in [4.78, 5) is 6.85. The van der Waals surface area contributed by atoms with Gasteiger partial charge in [0.1, 0.15) is 5.75 Å². The summed E-state index contributed by atoms with van der Waals surface area (Å²) in [5, 5.41) is 6.76. The molecule has 0 aromatic heterocycles. The second-order valence-corrected chi connectivity index (χ2v) is 6.81. The number of ether oxygens (including phenoxy) is 1. The highest BCUT2D eigenvalue weighted by molar-refractivity contribution is 5.79. The number of fused-ring (bicyclic) bond motifs is 1. The zero-order chi connectivity index (χ0) is 18.9. The van der Waals surface area contributed by atoms with Crippen LogP contribution in [-0.4, -0.2) is 44.7 Å². The Balaban J connectivity index is 1.38. The van der Waals surface area contributed by atoms with Gasteiger partial charge in [0, 0.05) is 45.3 Å². The Bertz CT molecular complexity index is 759. The second-order valence-electron chi connectivity index (χ2n) is 6.81. The van der Waals surface area contributed by atoms with Crippen molar-refractivity contribution in [1.29, 1.82) is 0 Å². The highest BCUT2D eigenvalue weighted by Gasteiger charge is 2.14. The van der Waals surface area contributed by atoms with Crippen molar-refractivity contribution in [2.24, 2.45) is 4.99 Å². The van der Waals surface area contributed by atoms with Crippen LogP contribution >= 0.6 is 0 Å². The van der Waals surface area contributed by atoms with Gasteiger partial charge in [-0.25, -0.2) is 0 Å². The van der Waals surface area contributed by atoms with E-state index in [1.807, 2.05) is 18.2 Å². The molecule has 3 rings (SSSR count). The summed E-state index contributed by atoms with van der Waals surface area (Å²) in [6, 6.07) is 16.8. The van der Waals surface area contributed by atoms with E-state index < -0.39 is 0 Å². The Morgan fingerprint density at radius 2 is 1.85 bits per heavy atom. The van der Waals surface area contributed by atoms with Gasteiger partial charge in [-0.2, -0.15) is 0 Å². The number of nitrogens with zero attached hydrogens (tertiary/aromatic N) is 2.